The fourth-order valence-corrected chi connectivity index (χ4v) is 2.68. The van der Waals surface area contributed by atoms with Gasteiger partial charge in [0, 0.05) is 25.7 Å². The van der Waals surface area contributed by atoms with E-state index in [4.69, 9.17) is 4.74 Å². The van der Waals surface area contributed by atoms with Gasteiger partial charge in [0.05, 0.1) is 17.6 Å². The number of nitrogens with one attached hydrogen (secondary N) is 1. The van der Waals surface area contributed by atoms with Gasteiger partial charge < -0.3 is 10.1 Å². The number of hydrogen-bond acceptors (Lipinski definition) is 5. The van der Waals surface area contributed by atoms with E-state index in [-0.39, 0.29) is 17.6 Å². The number of benzene rings is 1. The second-order valence-corrected chi connectivity index (χ2v) is 5.26. The third-order valence-corrected chi connectivity index (χ3v) is 3.82. The van der Waals surface area contributed by atoms with E-state index in [2.05, 4.69) is 10.2 Å². The van der Waals surface area contributed by atoms with Crippen molar-refractivity contribution in [2.24, 2.45) is 0 Å². The van der Waals surface area contributed by atoms with Crippen molar-refractivity contribution in [3.63, 3.8) is 0 Å². The molecule has 120 valence electrons. The Hall–Kier alpha value is -2.15. The highest BCUT2D eigenvalue weighted by molar-refractivity contribution is 5.81. The van der Waals surface area contributed by atoms with Gasteiger partial charge in [0.2, 0.25) is 5.91 Å². The molecule has 1 amide bonds. The summed E-state index contributed by atoms with van der Waals surface area (Å²) in [4.78, 5) is 24.0. The third kappa shape index (κ3) is 4.17. The van der Waals surface area contributed by atoms with Crippen LogP contribution in [0.2, 0.25) is 0 Å². The van der Waals surface area contributed by atoms with Crippen molar-refractivity contribution in [1.29, 1.82) is 0 Å². The molecule has 1 aromatic rings. The van der Waals surface area contributed by atoms with E-state index in [0.717, 1.165) is 32.4 Å². The molecule has 2 rings (SSSR count). The van der Waals surface area contributed by atoms with Crippen LogP contribution in [0.15, 0.2) is 24.3 Å². The number of non-ortho nitro benzene ring substituents is 1. The van der Waals surface area contributed by atoms with Crippen LogP contribution in [0.4, 0.5) is 5.69 Å². The van der Waals surface area contributed by atoms with Crippen LogP contribution >= 0.6 is 0 Å². The van der Waals surface area contributed by atoms with Gasteiger partial charge in [-0.1, -0.05) is 0 Å². The van der Waals surface area contributed by atoms with Gasteiger partial charge in [-0.05, 0) is 37.9 Å². The smallest absolute Gasteiger partial charge is 0.269 e. The summed E-state index contributed by atoms with van der Waals surface area (Å²) < 4.78 is 5.57. The Morgan fingerprint density at radius 3 is 2.82 bits per heavy atom. The predicted molar refractivity (Wildman–Crippen MR) is 81.9 cm³/mol. The van der Waals surface area contributed by atoms with E-state index in [1.807, 2.05) is 0 Å². The summed E-state index contributed by atoms with van der Waals surface area (Å²) in [5, 5.41) is 13.3. The molecule has 0 spiro atoms. The molecule has 1 saturated heterocycles. The lowest BCUT2D eigenvalue weighted by molar-refractivity contribution is -0.384. The summed E-state index contributed by atoms with van der Waals surface area (Å²) in [5.74, 6) is 0.698. The van der Waals surface area contributed by atoms with Gasteiger partial charge in [0.15, 0.2) is 0 Å². The van der Waals surface area contributed by atoms with E-state index in [1.165, 1.54) is 12.1 Å². The maximum Gasteiger partial charge on any atom is 0.269 e. The van der Waals surface area contributed by atoms with Crippen LogP contribution in [0.5, 0.6) is 5.75 Å². The van der Waals surface area contributed by atoms with Crippen LogP contribution in [0.3, 0.4) is 0 Å². The molecule has 0 saturated carbocycles. The van der Waals surface area contributed by atoms with Crippen molar-refractivity contribution in [3.05, 3.63) is 34.4 Å². The zero-order valence-corrected chi connectivity index (χ0v) is 12.7. The Balaban J connectivity index is 1.72. The Bertz CT molecular complexity index is 518. The van der Waals surface area contributed by atoms with Crippen LogP contribution < -0.4 is 10.1 Å². The number of carbonyl (C=O) groups excluding carboxylic acids is 1. The first-order valence-corrected chi connectivity index (χ1v) is 7.44. The quantitative estimate of drug-likeness (QED) is 0.469. The van der Waals surface area contributed by atoms with Gasteiger partial charge in [-0.2, -0.15) is 0 Å². The Labute approximate surface area is 129 Å². The minimum atomic E-state index is -0.434. The van der Waals surface area contributed by atoms with Crippen LogP contribution in [0.25, 0.3) is 0 Å². The van der Waals surface area contributed by atoms with E-state index >= 15 is 0 Å². The number of rotatable bonds is 7. The average molecular weight is 307 g/mol. The molecule has 1 atom stereocenters. The highest BCUT2D eigenvalue weighted by atomic mass is 16.6. The molecular weight excluding hydrogens is 286 g/mol. The summed E-state index contributed by atoms with van der Waals surface area (Å²) in [6.07, 6.45) is 2.76. The number of ether oxygens (including phenoxy) is 1. The summed E-state index contributed by atoms with van der Waals surface area (Å²) in [6.45, 7) is 2.27. The van der Waals surface area contributed by atoms with Crippen molar-refractivity contribution < 1.29 is 14.5 Å². The minimum Gasteiger partial charge on any atom is -0.494 e. The fourth-order valence-electron chi connectivity index (χ4n) is 2.68. The fraction of sp³-hybridized carbons (Fsp3) is 0.533. The van der Waals surface area contributed by atoms with E-state index in [1.54, 1.807) is 19.2 Å². The number of likely N-dealkylation sites (tertiary alicyclic amines) is 1. The first-order chi connectivity index (χ1) is 10.6. The number of amides is 1. The number of nitro benzene ring substituents is 1. The highest BCUT2D eigenvalue weighted by Gasteiger charge is 2.29. The molecule has 1 fully saturated rings. The zero-order chi connectivity index (χ0) is 15.9. The van der Waals surface area contributed by atoms with Crippen LogP contribution in [-0.2, 0) is 4.79 Å². The number of hydrogen-bond donors (Lipinski definition) is 1. The molecular formula is C15H21N3O4. The van der Waals surface area contributed by atoms with Crippen LogP contribution in [-0.4, -0.2) is 48.5 Å². The number of carbonyl (C=O) groups is 1. The Morgan fingerprint density at radius 1 is 1.45 bits per heavy atom. The molecule has 1 aromatic carbocycles. The topological polar surface area (TPSA) is 84.7 Å². The van der Waals surface area contributed by atoms with Gasteiger partial charge in [-0.3, -0.25) is 19.8 Å². The molecule has 1 heterocycles. The van der Waals surface area contributed by atoms with E-state index < -0.39 is 4.92 Å². The van der Waals surface area contributed by atoms with Crippen molar-refractivity contribution in [3.8, 4) is 5.75 Å². The average Bonchev–Trinajstić information content (AvgIpc) is 2.99. The Kier molecular flexibility index (Phi) is 5.71. The Morgan fingerprint density at radius 2 is 2.18 bits per heavy atom. The summed E-state index contributed by atoms with van der Waals surface area (Å²) in [5.41, 5.74) is 0.0536. The van der Waals surface area contributed by atoms with Crippen molar-refractivity contribution in [2.45, 2.75) is 25.3 Å². The summed E-state index contributed by atoms with van der Waals surface area (Å²) in [7, 11) is 1.66. The lowest BCUT2D eigenvalue weighted by atomic mass is 10.2. The third-order valence-electron chi connectivity index (χ3n) is 3.82. The second kappa shape index (κ2) is 7.74. The molecule has 7 heteroatoms. The monoisotopic (exact) mass is 307 g/mol. The summed E-state index contributed by atoms with van der Waals surface area (Å²) >= 11 is 0. The molecule has 1 N–H and O–H groups in total. The van der Waals surface area contributed by atoms with Gasteiger partial charge in [-0.15, -0.1) is 0 Å². The summed E-state index contributed by atoms with van der Waals surface area (Å²) in [6, 6.07) is 6.03. The van der Waals surface area contributed by atoms with E-state index in [9.17, 15) is 14.9 Å². The second-order valence-electron chi connectivity index (χ2n) is 5.26. The maximum absolute atomic E-state index is 11.7. The molecule has 0 aromatic heterocycles. The first kappa shape index (κ1) is 16.2. The maximum atomic E-state index is 11.7. The van der Waals surface area contributed by atoms with Gasteiger partial charge in [-0.25, -0.2) is 0 Å². The normalized spacial score (nSPS) is 18.1. The SMILES string of the molecule is CNC(=O)[C@@H]1CCCN1CCCOc1ccc([N+](=O)[O-])cc1. The molecule has 0 aliphatic carbocycles. The zero-order valence-electron chi connectivity index (χ0n) is 12.7. The largest absolute Gasteiger partial charge is 0.494 e. The standard InChI is InChI=1S/C15H21N3O4/c1-16-15(19)14-4-2-9-17(14)10-3-11-22-13-7-5-12(6-8-13)18(20)21/h5-8,14H,2-4,9-11H2,1H3,(H,16,19)/t14-/m0/s1. The lowest BCUT2D eigenvalue weighted by Crippen LogP contribution is -2.42. The molecule has 1 aliphatic heterocycles. The van der Waals surface area contributed by atoms with Crippen molar-refractivity contribution in [1.82, 2.24) is 10.2 Å². The molecule has 1 aliphatic rings. The number of likely N-dealkylation sites (N-methyl/N-ethyl adjacent to an activating group) is 1. The predicted octanol–water partition coefficient (Wildman–Crippen LogP) is 1.57. The van der Waals surface area contributed by atoms with Gasteiger partial charge in [0.1, 0.15) is 5.75 Å². The van der Waals surface area contributed by atoms with Crippen LogP contribution in [0, 0.1) is 10.1 Å². The number of nitrogens with zero attached hydrogens (tertiary/aromatic N) is 2. The van der Waals surface area contributed by atoms with Crippen molar-refractivity contribution >= 4 is 11.6 Å². The minimum absolute atomic E-state index is 0.0237. The van der Waals surface area contributed by atoms with Crippen LogP contribution in [0.1, 0.15) is 19.3 Å². The van der Waals surface area contributed by atoms with Gasteiger partial charge in [0.25, 0.3) is 5.69 Å². The van der Waals surface area contributed by atoms with E-state index in [0.29, 0.717) is 12.4 Å². The molecule has 7 nitrogen and oxygen atoms in total. The van der Waals surface area contributed by atoms with Crippen molar-refractivity contribution in [2.75, 3.05) is 26.7 Å². The lowest BCUT2D eigenvalue weighted by Gasteiger charge is -2.22. The first-order valence-electron chi connectivity index (χ1n) is 7.44. The highest BCUT2D eigenvalue weighted by Crippen LogP contribution is 2.19. The van der Waals surface area contributed by atoms with Gasteiger partial charge >= 0.3 is 0 Å². The molecule has 22 heavy (non-hydrogen) atoms. The number of nitro groups is 1. The molecule has 0 unspecified atom stereocenters. The molecule has 0 bridgehead atoms. The molecule has 0 radical (unpaired) electrons.